The third-order valence-corrected chi connectivity index (χ3v) is 3.81. The highest BCUT2D eigenvalue weighted by atomic mass is 32.1. The average molecular weight is 297 g/mol. The fraction of sp³-hybridized carbons (Fsp3) is 0.600. The van der Waals surface area contributed by atoms with Gasteiger partial charge in [0.15, 0.2) is 0 Å². The van der Waals surface area contributed by atoms with E-state index in [0.29, 0.717) is 26.1 Å². The summed E-state index contributed by atoms with van der Waals surface area (Å²) in [5.41, 5.74) is 0. The third-order valence-electron chi connectivity index (χ3n) is 2.93. The number of carbonyl (C=O) groups excluding carboxylic acids is 2. The van der Waals surface area contributed by atoms with Gasteiger partial charge in [0.05, 0.1) is 19.4 Å². The number of nitrogens with zero attached hydrogens (tertiary/aromatic N) is 1. The van der Waals surface area contributed by atoms with Gasteiger partial charge >= 0.3 is 5.97 Å². The molecule has 1 amide bonds. The molecule has 0 aliphatic rings. The van der Waals surface area contributed by atoms with Crippen LogP contribution in [0.2, 0.25) is 0 Å². The minimum atomic E-state index is -0.238. The second kappa shape index (κ2) is 9.53. The first-order valence-electron chi connectivity index (χ1n) is 7.13. The molecule has 0 saturated carbocycles. The van der Waals surface area contributed by atoms with Crippen LogP contribution in [0.15, 0.2) is 17.5 Å². The van der Waals surface area contributed by atoms with Crippen LogP contribution < -0.4 is 0 Å². The van der Waals surface area contributed by atoms with Gasteiger partial charge in [-0.25, -0.2) is 0 Å². The molecule has 1 rings (SSSR count). The first kappa shape index (κ1) is 16.7. The van der Waals surface area contributed by atoms with Gasteiger partial charge in [-0.1, -0.05) is 19.4 Å². The molecule has 0 fully saturated rings. The molecule has 0 aliphatic heterocycles. The molecule has 20 heavy (non-hydrogen) atoms. The number of thiophene rings is 1. The van der Waals surface area contributed by atoms with Crippen LogP contribution >= 0.6 is 11.3 Å². The van der Waals surface area contributed by atoms with E-state index in [-0.39, 0.29) is 18.3 Å². The van der Waals surface area contributed by atoms with Gasteiger partial charge in [0, 0.05) is 18.0 Å². The summed E-state index contributed by atoms with van der Waals surface area (Å²) >= 11 is 1.59. The smallest absolute Gasteiger partial charge is 0.307 e. The monoisotopic (exact) mass is 297 g/mol. The summed E-state index contributed by atoms with van der Waals surface area (Å²) < 4.78 is 4.91. The maximum absolute atomic E-state index is 12.3. The topological polar surface area (TPSA) is 46.6 Å². The quantitative estimate of drug-likeness (QED) is 0.658. The number of amides is 1. The van der Waals surface area contributed by atoms with Crippen molar-refractivity contribution in [2.45, 2.75) is 39.5 Å². The molecule has 0 N–H and O–H groups in total. The Morgan fingerprint density at radius 2 is 2.10 bits per heavy atom. The number of carbonyl (C=O) groups is 2. The van der Waals surface area contributed by atoms with Crippen molar-refractivity contribution in [2.24, 2.45) is 0 Å². The van der Waals surface area contributed by atoms with Crippen molar-refractivity contribution in [1.29, 1.82) is 0 Å². The van der Waals surface area contributed by atoms with Gasteiger partial charge in [-0.05, 0) is 24.8 Å². The molecule has 4 nitrogen and oxygen atoms in total. The van der Waals surface area contributed by atoms with E-state index in [0.717, 1.165) is 17.7 Å². The van der Waals surface area contributed by atoms with Gasteiger partial charge in [-0.3, -0.25) is 9.59 Å². The van der Waals surface area contributed by atoms with Crippen LogP contribution in [0.4, 0.5) is 0 Å². The third kappa shape index (κ3) is 6.19. The average Bonchev–Trinajstić information content (AvgIpc) is 2.92. The van der Waals surface area contributed by atoms with Crippen molar-refractivity contribution in [3.63, 3.8) is 0 Å². The molecule has 112 valence electrons. The molecule has 0 aliphatic carbocycles. The lowest BCUT2D eigenvalue weighted by atomic mass is 10.2. The summed E-state index contributed by atoms with van der Waals surface area (Å²) in [7, 11) is 0. The zero-order valence-electron chi connectivity index (χ0n) is 12.3. The Kier molecular flexibility index (Phi) is 7.95. The van der Waals surface area contributed by atoms with Crippen molar-refractivity contribution in [2.75, 3.05) is 19.7 Å². The largest absolute Gasteiger partial charge is 0.466 e. The first-order chi connectivity index (χ1) is 9.67. The molecule has 0 bridgehead atoms. The van der Waals surface area contributed by atoms with E-state index in [1.807, 2.05) is 17.5 Å². The zero-order valence-corrected chi connectivity index (χ0v) is 13.1. The fourth-order valence-corrected chi connectivity index (χ4v) is 2.54. The molecule has 0 aromatic carbocycles. The molecule has 5 heteroatoms. The van der Waals surface area contributed by atoms with Crippen molar-refractivity contribution in [3.8, 4) is 0 Å². The van der Waals surface area contributed by atoms with Crippen LogP contribution in [0.5, 0.6) is 0 Å². The van der Waals surface area contributed by atoms with E-state index in [1.54, 1.807) is 23.2 Å². The number of ether oxygens (including phenoxy) is 1. The molecular weight excluding hydrogens is 274 g/mol. The van der Waals surface area contributed by atoms with E-state index in [9.17, 15) is 9.59 Å². The number of hydrogen-bond acceptors (Lipinski definition) is 4. The second-order valence-corrected chi connectivity index (χ2v) is 5.58. The van der Waals surface area contributed by atoms with E-state index in [4.69, 9.17) is 4.74 Å². The summed E-state index contributed by atoms with van der Waals surface area (Å²) in [6.07, 6.45) is 2.68. The summed E-state index contributed by atoms with van der Waals surface area (Å²) in [4.78, 5) is 26.5. The first-order valence-corrected chi connectivity index (χ1v) is 8.01. The van der Waals surface area contributed by atoms with Crippen LogP contribution in [0.1, 0.15) is 38.0 Å². The Labute approximate surface area is 124 Å². The lowest BCUT2D eigenvalue weighted by Gasteiger charge is -2.22. The highest BCUT2D eigenvalue weighted by Crippen LogP contribution is 2.11. The maximum Gasteiger partial charge on any atom is 0.307 e. The molecule has 0 radical (unpaired) electrons. The van der Waals surface area contributed by atoms with E-state index >= 15 is 0 Å². The Balaban J connectivity index is 2.49. The van der Waals surface area contributed by atoms with Gasteiger partial charge in [-0.15, -0.1) is 11.3 Å². The molecule has 0 atom stereocenters. The molecule has 0 spiro atoms. The van der Waals surface area contributed by atoms with Gasteiger partial charge in [-0.2, -0.15) is 0 Å². The number of unbranched alkanes of at least 4 members (excludes halogenated alkanes) is 1. The van der Waals surface area contributed by atoms with Gasteiger partial charge in [0.1, 0.15) is 0 Å². The van der Waals surface area contributed by atoms with Crippen molar-refractivity contribution < 1.29 is 14.3 Å². The minimum absolute atomic E-state index is 0.0881. The molecule has 0 unspecified atom stereocenters. The van der Waals surface area contributed by atoms with Crippen LogP contribution in [0.25, 0.3) is 0 Å². The van der Waals surface area contributed by atoms with E-state index in [1.165, 1.54) is 0 Å². The van der Waals surface area contributed by atoms with Crippen LogP contribution in [0, 0.1) is 0 Å². The van der Waals surface area contributed by atoms with E-state index < -0.39 is 0 Å². The zero-order chi connectivity index (χ0) is 14.8. The second-order valence-electron chi connectivity index (χ2n) is 4.55. The highest BCUT2D eigenvalue weighted by Gasteiger charge is 2.15. The minimum Gasteiger partial charge on any atom is -0.466 e. The molecule has 1 aromatic heterocycles. The standard InChI is InChI=1S/C15H23NO3S/c1-3-5-9-16(10-8-15(18)19-4-2)14(17)12-13-7-6-11-20-13/h6-7,11H,3-5,8-10,12H2,1-2H3. The van der Waals surface area contributed by atoms with Crippen molar-refractivity contribution >= 4 is 23.2 Å². The SMILES string of the molecule is CCCCN(CCC(=O)OCC)C(=O)Cc1cccs1. The number of hydrogen-bond donors (Lipinski definition) is 0. The van der Waals surface area contributed by atoms with Crippen LogP contribution in [-0.4, -0.2) is 36.5 Å². The predicted octanol–water partition coefficient (Wildman–Crippen LogP) is 2.87. The van der Waals surface area contributed by atoms with Crippen LogP contribution in [-0.2, 0) is 20.7 Å². The maximum atomic E-state index is 12.3. The Morgan fingerprint density at radius 3 is 2.70 bits per heavy atom. The van der Waals surface area contributed by atoms with Crippen molar-refractivity contribution in [1.82, 2.24) is 4.90 Å². The molecule has 1 heterocycles. The lowest BCUT2D eigenvalue weighted by molar-refractivity contribution is -0.144. The summed E-state index contributed by atoms with van der Waals surface area (Å²) in [6.45, 7) is 5.42. The summed E-state index contributed by atoms with van der Waals surface area (Å²) in [6, 6.07) is 3.91. The molecular formula is C15H23NO3S. The Bertz CT molecular complexity index is 403. The van der Waals surface area contributed by atoms with Gasteiger partial charge < -0.3 is 9.64 Å². The fourth-order valence-electron chi connectivity index (χ4n) is 1.84. The summed E-state index contributed by atoms with van der Waals surface area (Å²) in [5, 5.41) is 1.97. The van der Waals surface area contributed by atoms with Crippen LogP contribution in [0.3, 0.4) is 0 Å². The summed E-state index contributed by atoms with van der Waals surface area (Å²) in [5.74, 6) is -0.150. The highest BCUT2D eigenvalue weighted by molar-refractivity contribution is 7.10. The van der Waals surface area contributed by atoms with Crippen molar-refractivity contribution in [3.05, 3.63) is 22.4 Å². The Hall–Kier alpha value is -1.36. The normalized spacial score (nSPS) is 10.3. The van der Waals surface area contributed by atoms with E-state index in [2.05, 4.69) is 6.92 Å². The number of rotatable bonds is 9. The lowest BCUT2D eigenvalue weighted by Crippen LogP contribution is -2.35. The Morgan fingerprint density at radius 1 is 1.30 bits per heavy atom. The molecule has 1 aromatic rings. The number of esters is 1. The predicted molar refractivity (Wildman–Crippen MR) is 80.8 cm³/mol. The van der Waals surface area contributed by atoms with Gasteiger partial charge in [0.25, 0.3) is 0 Å². The van der Waals surface area contributed by atoms with Gasteiger partial charge in [0.2, 0.25) is 5.91 Å². The molecule has 0 saturated heterocycles.